The van der Waals surface area contributed by atoms with Gasteiger partial charge in [-0.05, 0) is 25.1 Å². The van der Waals surface area contributed by atoms with E-state index in [-0.39, 0.29) is 5.91 Å². The zero-order valence-corrected chi connectivity index (χ0v) is 13.4. The van der Waals surface area contributed by atoms with Gasteiger partial charge in [0.15, 0.2) is 0 Å². The second-order valence-corrected chi connectivity index (χ2v) is 7.36. The van der Waals surface area contributed by atoms with Gasteiger partial charge >= 0.3 is 0 Å². The lowest BCUT2D eigenvalue weighted by Gasteiger charge is -2.36. The lowest BCUT2D eigenvalue weighted by molar-refractivity contribution is -0.121. The SMILES string of the molecule is C[C@H](C(=O)Nc1cccc(F)c1)N1CCN(S(C)(=O)=O)CC1. The third-order valence-corrected chi connectivity index (χ3v) is 5.06. The maximum atomic E-state index is 13.1. The molecule has 1 saturated heterocycles. The maximum Gasteiger partial charge on any atom is 0.241 e. The van der Waals surface area contributed by atoms with Gasteiger partial charge in [-0.2, -0.15) is 4.31 Å². The number of anilines is 1. The number of halogens is 1. The van der Waals surface area contributed by atoms with Crippen LogP contribution in [0.3, 0.4) is 0 Å². The molecule has 2 rings (SSSR count). The van der Waals surface area contributed by atoms with Crippen LogP contribution in [-0.4, -0.2) is 62.0 Å². The number of rotatable bonds is 4. The molecule has 1 aliphatic heterocycles. The summed E-state index contributed by atoms with van der Waals surface area (Å²) in [5.41, 5.74) is 0.409. The number of amides is 1. The normalized spacial score (nSPS) is 18.9. The van der Waals surface area contributed by atoms with Crippen molar-refractivity contribution in [1.29, 1.82) is 0 Å². The molecule has 122 valence electrons. The zero-order chi connectivity index (χ0) is 16.3. The van der Waals surface area contributed by atoms with Crippen LogP contribution in [0, 0.1) is 5.82 Å². The highest BCUT2D eigenvalue weighted by Crippen LogP contribution is 2.13. The van der Waals surface area contributed by atoms with Crippen LogP contribution >= 0.6 is 0 Å². The number of benzene rings is 1. The highest BCUT2D eigenvalue weighted by molar-refractivity contribution is 7.88. The highest BCUT2D eigenvalue weighted by Gasteiger charge is 2.28. The summed E-state index contributed by atoms with van der Waals surface area (Å²) in [6, 6.07) is 5.30. The molecule has 0 aromatic heterocycles. The summed E-state index contributed by atoms with van der Waals surface area (Å²) in [5, 5.41) is 2.67. The molecule has 1 heterocycles. The average molecular weight is 329 g/mol. The maximum absolute atomic E-state index is 13.1. The first kappa shape index (κ1) is 16.9. The van der Waals surface area contributed by atoms with Gasteiger partial charge in [0, 0.05) is 31.9 Å². The molecule has 0 radical (unpaired) electrons. The second kappa shape index (κ2) is 6.72. The van der Waals surface area contributed by atoms with Crippen molar-refractivity contribution in [1.82, 2.24) is 9.21 Å². The second-order valence-electron chi connectivity index (χ2n) is 5.37. The van der Waals surface area contributed by atoms with Gasteiger partial charge in [-0.15, -0.1) is 0 Å². The number of piperazine rings is 1. The van der Waals surface area contributed by atoms with Crippen LogP contribution in [0.5, 0.6) is 0 Å². The molecular formula is C14H20FN3O3S. The van der Waals surface area contributed by atoms with Crippen molar-refractivity contribution in [3.8, 4) is 0 Å². The van der Waals surface area contributed by atoms with Crippen molar-refractivity contribution >= 4 is 21.6 Å². The number of hydrogen-bond donors (Lipinski definition) is 1. The number of hydrogen-bond acceptors (Lipinski definition) is 4. The Kier molecular flexibility index (Phi) is 5.15. The topological polar surface area (TPSA) is 69.7 Å². The number of carbonyl (C=O) groups excluding carboxylic acids is 1. The van der Waals surface area contributed by atoms with Gasteiger partial charge in [-0.25, -0.2) is 12.8 Å². The first-order valence-electron chi connectivity index (χ1n) is 7.03. The fraction of sp³-hybridized carbons (Fsp3) is 0.500. The smallest absolute Gasteiger partial charge is 0.241 e. The van der Waals surface area contributed by atoms with Crippen LogP contribution in [0.15, 0.2) is 24.3 Å². The molecule has 1 atom stereocenters. The number of nitrogens with one attached hydrogen (secondary N) is 1. The molecular weight excluding hydrogens is 309 g/mol. The van der Waals surface area contributed by atoms with Crippen LogP contribution in [0.4, 0.5) is 10.1 Å². The number of carbonyl (C=O) groups is 1. The Balaban J connectivity index is 1.92. The van der Waals surface area contributed by atoms with E-state index < -0.39 is 21.9 Å². The molecule has 0 saturated carbocycles. The standard InChI is InChI=1S/C14H20FN3O3S/c1-11(14(19)16-13-5-3-4-12(15)10-13)17-6-8-18(9-7-17)22(2,20)21/h3-5,10-11H,6-9H2,1-2H3,(H,16,19)/t11-/m1/s1. The molecule has 6 nitrogen and oxygen atoms in total. The molecule has 1 fully saturated rings. The predicted molar refractivity (Wildman–Crippen MR) is 82.5 cm³/mol. The van der Waals surface area contributed by atoms with Gasteiger partial charge < -0.3 is 5.32 Å². The minimum absolute atomic E-state index is 0.238. The minimum Gasteiger partial charge on any atom is -0.325 e. The first-order chi connectivity index (χ1) is 10.3. The molecule has 1 aromatic carbocycles. The van der Waals surface area contributed by atoms with Crippen molar-refractivity contribution < 1.29 is 17.6 Å². The summed E-state index contributed by atoms with van der Waals surface area (Å²) in [5.74, 6) is -0.648. The van der Waals surface area contributed by atoms with Crippen LogP contribution in [0.1, 0.15) is 6.92 Å². The molecule has 8 heteroatoms. The minimum atomic E-state index is -3.18. The summed E-state index contributed by atoms with van der Waals surface area (Å²) >= 11 is 0. The fourth-order valence-electron chi connectivity index (χ4n) is 2.40. The van der Waals surface area contributed by atoms with E-state index in [2.05, 4.69) is 5.32 Å². The Morgan fingerprint density at radius 1 is 1.27 bits per heavy atom. The van der Waals surface area contributed by atoms with Crippen molar-refractivity contribution in [3.05, 3.63) is 30.1 Å². The Morgan fingerprint density at radius 3 is 2.45 bits per heavy atom. The number of nitrogens with zero attached hydrogens (tertiary/aromatic N) is 2. The van der Waals surface area contributed by atoms with Gasteiger partial charge in [0.1, 0.15) is 5.82 Å². The third kappa shape index (κ3) is 4.25. The summed E-state index contributed by atoms with van der Waals surface area (Å²) in [7, 11) is -3.18. The average Bonchev–Trinajstić information content (AvgIpc) is 2.45. The number of sulfonamides is 1. The molecule has 1 amide bonds. The van der Waals surface area contributed by atoms with Gasteiger partial charge in [-0.3, -0.25) is 9.69 Å². The van der Waals surface area contributed by atoms with Crippen LogP contribution in [0.25, 0.3) is 0 Å². The van der Waals surface area contributed by atoms with Crippen LogP contribution in [-0.2, 0) is 14.8 Å². The van der Waals surface area contributed by atoms with Crippen molar-refractivity contribution in [3.63, 3.8) is 0 Å². The van der Waals surface area contributed by atoms with E-state index in [1.807, 2.05) is 4.90 Å². The van der Waals surface area contributed by atoms with E-state index >= 15 is 0 Å². The molecule has 0 spiro atoms. The van der Waals surface area contributed by atoms with Crippen molar-refractivity contribution in [2.24, 2.45) is 0 Å². The van der Waals surface area contributed by atoms with Crippen LogP contribution in [0.2, 0.25) is 0 Å². The third-order valence-electron chi connectivity index (χ3n) is 3.76. The lowest BCUT2D eigenvalue weighted by atomic mass is 10.2. The molecule has 1 aliphatic rings. The molecule has 0 unspecified atom stereocenters. The molecule has 0 bridgehead atoms. The molecule has 0 aliphatic carbocycles. The molecule has 1 N–H and O–H groups in total. The summed E-state index contributed by atoms with van der Waals surface area (Å²) in [4.78, 5) is 14.1. The van der Waals surface area contributed by atoms with E-state index in [0.29, 0.717) is 31.9 Å². The highest BCUT2D eigenvalue weighted by atomic mass is 32.2. The summed E-state index contributed by atoms with van der Waals surface area (Å²) < 4.78 is 37.4. The Morgan fingerprint density at radius 2 is 1.91 bits per heavy atom. The Hall–Kier alpha value is -1.51. The van der Waals surface area contributed by atoms with Crippen molar-refractivity contribution in [2.45, 2.75) is 13.0 Å². The summed E-state index contributed by atoms with van der Waals surface area (Å²) in [6.45, 7) is 3.48. The largest absolute Gasteiger partial charge is 0.325 e. The van der Waals surface area contributed by atoms with E-state index in [1.165, 1.54) is 28.8 Å². The lowest BCUT2D eigenvalue weighted by Crippen LogP contribution is -2.53. The Bertz CT molecular complexity index is 642. The van der Waals surface area contributed by atoms with Gasteiger partial charge in [0.05, 0.1) is 12.3 Å². The van der Waals surface area contributed by atoms with E-state index in [0.717, 1.165) is 0 Å². The van der Waals surface area contributed by atoms with Gasteiger partial charge in [-0.1, -0.05) is 6.07 Å². The molecule has 1 aromatic rings. The fourth-order valence-corrected chi connectivity index (χ4v) is 3.23. The first-order valence-corrected chi connectivity index (χ1v) is 8.88. The van der Waals surface area contributed by atoms with Gasteiger partial charge in [0.25, 0.3) is 0 Å². The zero-order valence-electron chi connectivity index (χ0n) is 12.6. The molecule has 22 heavy (non-hydrogen) atoms. The van der Waals surface area contributed by atoms with E-state index in [9.17, 15) is 17.6 Å². The summed E-state index contributed by atoms with van der Waals surface area (Å²) in [6.07, 6.45) is 1.18. The predicted octanol–water partition coefficient (Wildman–Crippen LogP) is 0.730. The quantitative estimate of drug-likeness (QED) is 0.884. The van der Waals surface area contributed by atoms with Crippen LogP contribution < -0.4 is 5.32 Å². The Labute approximate surface area is 130 Å². The van der Waals surface area contributed by atoms with Gasteiger partial charge in [0.2, 0.25) is 15.9 Å². The van der Waals surface area contributed by atoms with Crippen molar-refractivity contribution in [2.75, 3.05) is 37.8 Å². The monoisotopic (exact) mass is 329 g/mol. The van der Waals surface area contributed by atoms with E-state index in [4.69, 9.17) is 0 Å². The van der Waals surface area contributed by atoms with E-state index in [1.54, 1.807) is 13.0 Å².